The third-order valence-electron chi connectivity index (χ3n) is 5.54. The summed E-state index contributed by atoms with van der Waals surface area (Å²) in [4.78, 5) is 11.0. The summed E-state index contributed by atoms with van der Waals surface area (Å²) in [5.74, 6) is -0.447. The second-order valence-electron chi connectivity index (χ2n) is 7.52. The van der Waals surface area contributed by atoms with E-state index in [0.717, 1.165) is 22.6 Å². The van der Waals surface area contributed by atoms with E-state index in [1.165, 1.54) is 6.07 Å². The molecular formula is C24H19ClFN5S. The standard InChI is InChI=1S/C24H19ClFN5S/c25-18-13-17(8-9-19(18)26)30-12-4-7-21(30)23-22(20-6-1-2-11-28-20)29-24(32)31(23)15-16-5-3-10-27-14-16/h1-14,22-23H,15H2,(H,29,32)/t22-,23+/m0/s1. The highest BCUT2D eigenvalue weighted by Crippen LogP contribution is 2.40. The van der Waals surface area contributed by atoms with Crippen LogP contribution >= 0.6 is 23.8 Å². The summed E-state index contributed by atoms with van der Waals surface area (Å²) in [7, 11) is 0. The van der Waals surface area contributed by atoms with Gasteiger partial charge in [-0.15, -0.1) is 0 Å². The molecule has 0 saturated carbocycles. The Labute approximate surface area is 195 Å². The Balaban J connectivity index is 1.61. The first-order valence-electron chi connectivity index (χ1n) is 10.1. The van der Waals surface area contributed by atoms with Gasteiger partial charge in [-0.3, -0.25) is 9.97 Å². The van der Waals surface area contributed by atoms with Crippen molar-refractivity contribution >= 4 is 28.9 Å². The second-order valence-corrected chi connectivity index (χ2v) is 8.31. The van der Waals surface area contributed by atoms with E-state index in [4.69, 9.17) is 23.8 Å². The molecule has 0 radical (unpaired) electrons. The molecule has 4 aromatic rings. The Bertz CT molecular complexity index is 1250. The number of nitrogens with zero attached hydrogens (tertiary/aromatic N) is 4. The van der Waals surface area contributed by atoms with Crippen LogP contribution in [0.5, 0.6) is 0 Å². The Morgan fingerprint density at radius 1 is 1.06 bits per heavy atom. The van der Waals surface area contributed by atoms with E-state index >= 15 is 0 Å². The van der Waals surface area contributed by atoms with E-state index < -0.39 is 5.82 Å². The van der Waals surface area contributed by atoms with Gasteiger partial charge in [-0.2, -0.15) is 0 Å². The van der Waals surface area contributed by atoms with Crippen LogP contribution in [0.4, 0.5) is 4.39 Å². The summed E-state index contributed by atoms with van der Waals surface area (Å²) in [6.45, 7) is 0.586. The predicted molar refractivity (Wildman–Crippen MR) is 126 cm³/mol. The number of halogens is 2. The van der Waals surface area contributed by atoms with Gasteiger partial charge in [0.05, 0.1) is 22.8 Å². The van der Waals surface area contributed by atoms with Gasteiger partial charge in [0.1, 0.15) is 5.82 Å². The van der Waals surface area contributed by atoms with Crippen LogP contribution < -0.4 is 5.32 Å². The number of nitrogens with one attached hydrogen (secondary N) is 1. The monoisotopic (exact) mass is 463 g/mol. The highest BCUT2D eigenvalue weighted by Gasteiger charge is 2.41. The molecule has 3 aromatic heterocycles. The molecule has 1 aliphatic rings. The van der Waals surface area contributed by atoms with Crippen molar-refractivity contribution in [3.05, 3.63) is 113 Å². The van der Waals surface area contributed by atoms with Gasteiger partial charge in [-0.1, -0.05) is 23.7 Å². The van der Waals surface area contributed by atoms with E-state index in [9.17, 15) is 4.39 Å². The van der Waals surface area contributed by atoms with Crippen LogP contribution in [0.25, 0.3) is 5.69 Å². The van der Waals surface area contributed by atoms with Gasteiger partial charge in [0.25, 0.3) is 0 Å². The highest BCUT2D eigenvalue weighted by atomic mass is 35.5. The Morgan fingerprint density at radius 2 is 1.97 bits per heavy atom. The fourth-order valence-corrected chi connectivity index (χ4v) is 4.57. The number of pyridine rings is 2. The fraction of sp³-hybridized carbons (Fsp3) is 0.125. The van der Waals surface area contributed by atoms with Crippen LogP contribution in [-0.2, 0) is 6.54 Å². The van der Waals surface area contributed by atoms with Crippen molar-refractivity contribution in [1.29, 1.82) is 0 Å². The maximum Gasteiger partial charge on any atom is 0.170 e. The summed E-state index contributed by atoms with van der Waals surface area (Å²) >= 11 is 11.8. The first-order valence-corrected chi connectivity index (χ1v) is 10.9. The molecule has 1 aromatic carbocycles. The summed E-state index contributed by atoms with van der Waals surface area (Å²) in [6, 6.07) is 18.2. The van der Waals surface area contributed by atoms with Gasteiger partial charge >= 0.3 is 0 Å². The third kappa shape index (κ3) is 3.85. The molecule has 1 fully saturated rings. The SMILES string of the molecule is Fc1ccc(-n2cccc2[C@@H]2[C@H](c3ccccn3)NC(=S)N2Cc2cccnc2)cc1Cl. The summed E-state index contributed by atoms with van der Waals surface area (Å²) in [5.41, 5.74) is 3.69. The molecule has 5 rings (SSSR count). The van der Waals surface area contributed by atoms with Crippen LogP contribution in [-0.4, -0.2) is 24.5 Å². The molecule has 0 bridgehead atoms. The molecule has 0 aliphatic carbocycles. The lowest BCUT2D eigenvalue weighted by Gasteiger charge is -2.29. The molecule has 0 unspecified atom stereocenters. The van der Waals surface area contributed by atoms with Crippen LogP contribution in [0.3, 0.4) is 0 Å². The maximum absolute atomic E-state index is 13.8. The lowest BCUT2D eigenvalue weighted by atomic mass is 10.0. The zero-order valence-corrected chi connectivity index (χ0v) is 18.5. The summed E-state index contributed by atoms with van der Waals surface area (Å²) in [5, 5.41) is 4.17. The average Bonchev–Trinajstić information content (AvgIpc) is 3.42. The van der Waals surface area contributed by atoms with Crippen LogP contribution in [0.1, 0.15) is 29.0 Å². The molecule has 160 valence electrons. The molecule has 8 heteroatoms. The molecule has 32 heavy (non-hydrogen) atoms. The topological polar surface area (TPSA) is 46.0 Å². The molecular weight excluding hydrogens is 445 g/mol. The minimum absolute atomic E-state index is 0.0794. The number of hydrogen-bond donors (Lipinski definition) is 1. The van der Waals surface area contributed by atoms with E-state index in [1.54, 1.807) is 24.5 Å². The minimum atomic E-state index is -0.447. The summed E-state index contributed by atoms with van der Waals surface area (Å²) < 4.78 is 15.8. The van der Waals surface area contributed by atoms with Crippen molar-refractivity contribution in [1.82, 2.24) is 24.8 Å². The smallest absolute Gasteiger partial charge is 0.170 e. The normalized spacial score (nSPS) is 18.1. The van der Waals surface area contributed by atoms with Crippen LogP contribution in [0.15, 0.2) is 85.5 Å². The van der Waals surface area contributed by atoms with Gasteiger partial charge in [-0.25, -0.2) is 4.39 Å². The largest absolute Gasteiger partial charge is 0.352 e. The van der Waals surface area contributed by atoms with Crippen molar-refractivity contribution < 1.29 is 4.39 Å². The Hall–Kier alpha value is -3.29. The zero-order chi connectivity index (χ0) is 22.1. The number of aromatic nitrogens is 3. The number of benzene rings is 1. The zero-order valence-electron chi connectivity index (χ0n) is 16.9. The molecule has 1 saturated heterocycles. The van der Waals surface area contributed by atoms with Gasteiger partial charge in [0.15, 0.2) is 5.11 Å². The minimum Gasteiger partial charge on any atom is -0.352 e. The van der Waals surface area contributed by atoms with E-state index in [-0.39, 0.29) is 17.1 Å². The molecule has 5 nitrogen and oxygen atoms in total. The average molecular weight is 464 g/mol. The lowest BCUT2D eigenvalue weighted by Crippen LogP contribution is -2.30. The first-order chi connectivity index (χ1) is 15.6. The van der Waals surface area contributed by atoms with Gasteiger partial charge < -0.3 is 14.8 Å². The highest BCUT2D eigenvalue weighted by molar-refractivity contribution is 7.80. The Morgan fingerprint density at radius 3 is 2.72 bits per heavy atom. The van der Waals surface area contributed by atoms with Crippen LogP contribution in [0.2, 0.25) is 5.02 Å². The van der Waals surface area contributed by atoms with Gasteiger partial charge in [-0.05, 0) is 66.3 Å². The molecule has 2 atom stereocenters. The maximum atomic E-state index is 13.8. The number of rotatable bonds is 5. The van der Waals surface area contributed by atoms with Gasteiger partial charge in [0, 0.05) is 42.7 Å². The molecule has 0 spiro atoms. The molecule has 1 aliphatic heterocycles. The predicted octanol–water partition coefficient (Wildman–Crippen LogP) is 5.23. The van der Waals surface area contributed by atoms with Crippen molar-refractivity contribution in [3.8, 4) is 5.69 Å². The third-order valence-corrected chi connectivity index (χ3v) is 6.18. The van der Waals surface area contributed by atoms with E-state index in [2.05, 4.69) is 20.2 Å². The lowest BCUT2D eigenvalue weighted by molar-refractivity contribution is 0.302. The number of thiocarbonyl (C=S) groups is 1. The number of hydrogen-bond acceptors (Lipinski definition) is 3. The first kappa shape index (κ1) is 20.6. The van der Waals surface area contributed by atoms with Gasteiger partial charge in [0.2, 0.25) is 0 Å². The van der Waals surface area contributed by atoms with Crippen molar-refractivity contribution in [3.63, 3.8) is 0 Å². The van der Waals surface area contributed by atoms with Crippen LogP contribution in [0, 0.1) is 5.82 Å². The van der Waals surface area contributed by atoms with E-state index in [1.807, 2.05) is 59.4 Å². The molecule has 0 amide bonds. The fourth-order valence-electron chi connectivity index (χ4n) is 4.09. The summed E-state index contributed by atoms with van der Waals surface area (Å²) in [6.07, 6.45) is 7.31. The Kier molecular flexibility index (Phi) is 5.59. The van der Waals surface area contributed by atoms with Crippen molar-refractivity contribution in [2.24, 2.45) is 0 Å². The quantitative estimate of drug-likeness (QED) is 0.410. The van der Waals surface area contributed by atoms with E-state index in [0.29, 0.717) is 11.7 Å². The van der Waals surface area contributed by atoms with Crippen molar-refractivity contribution in [2.75, 3.05) is 0 Å². The molecule has 1 N–H and O–H groups in total. The molecule has 4 heterocycles. The van der Waals surface area contributed by atoms with Crippen molar-refractivity contribution in [2.45, 2.75) is 18.6 Å². The second kappa shape index (κ2) is 8.68.